The number of rotatable bonds is 11. The molecule has 0 amide bonds. The van der Waals surface area contributed by atoms with Crippen molar-refractivity contribution in [2.45, 2.75) is 59.7 Å². The van der Waals surface area contributed by atoms with E-state index in [2.05, 4.69) is 50.2 Å². The molecular formula is C21H38N4O2. The summed E-state index contributed by atoms with van der Waals surface area (Å²) in [5.41, 5.74) is 1.000. The molecule has 154 valence electrons. The Morgan fingerprint density at radius 3 is 2.33 bits per heavy atom. The van der Waals surface area contributed by atoms with Crippen LogP contribution in [0.25, 0.3) is 0 Å². The molecule has 0 atom stereocenters. The van der Waals surface area contributed by atoms with Crippen LogP contribution in [0.3, 0.4) is 0 Å². The normalized spacial score (nSPS) is 12.0. The minimum Gasteiger partial charge on any atom is -0.493 e. The SMILES string of the molecule is CCNC(=NCc1cccc(OC)c1OC)NCCCN(C(C)C)C(C)C. The number of benzene rings is 1. The van der Waals surface area contributed by atoms with Crippen molar-refractivity contribution in [2.24, 2.45) is 4.99 Å². The summed E-state index contributed by atoms with van der Waals surface area (Å²) in [4.78, 5) is 7.21. The maximum atomic E-state index is 5.49. The molecule has 2 N–H and O–H groups in total. The molecule has 0 aliphatic rings. The molecule has 0 aliphatic carbocycles. The van der Waals surface area contributed by atoms with Crippen molar-refractivity contribution in [1.29, 1.82) is 0 Å². The second kappa shape index (κ2) is 12.4. The molecule has 0 aliphatic heterocycles. The molecule has 1 rings (SSSR count). The fourth-order valence-electron chi connectivity index (χ4n) is 3.17. The number of nitrogens with one attached hydrogen (secondary N) is 2. The van der Waals surface area contributed by atoms with E-state index in [4.69, 9.17) is 14.5 Å². The number of hydrogen-bond acceptors (Lipinski definition) is 4. The predicted octanol–water partition coefficient (Wildman–Crippen LogP) is 3.27. The molecule has 1 aromatic carbocycles. The van der Waals surface area contributed by atoms with E-state index < -0.39 is 0 Å². The lowest BCUT2D eigenvalue weighted by Gasteiger charge is -2.30. The summed E-state index contributed by atoms with van der Waals surface area (Å²) < 4.78 is 10.9. The number of methoxy groups -OCH3 is 2. The van der Waals surface area contributed by atoms with Crippen molar-refractivity contribution in [1.82, 2.24) is 15.5 Å². The number of guanidine groups is 1. The molecule has 0 fully saturated rings. The summed E-state index contributed by atoms with van der Waals surface area (Å²) in [6.45, 7) is 14.4. The van der Waals surface area contributed by atoms with Crippen LogP contribution in [0.2, 0.25) is 0 Å². The van der Waals surface area contributed by atoms with E-state index in [1.54, 1.807) is 14.2 Å². The standard InChI is InChI=1S/C21H38N4O2/c1-8-22-21(23-13-10-14-25(16(2)3)17(4)5)24-15-18-11-9-12-19(26-6)20(18)27-7/h9,11-12,16-17H,8,10,13-15H2,1-7H3,(H2,22,23,24). The van der Waals surface area contributed by atoms with Gasteiger partial charge in [0.2, 0.25) is 0 Å². The topological polar surface area (TPSA) is 58.1 Å². The maximum absolute atomic E-state index is 5.49. The van der Waals surface area contributed by atoms with Gasteiger partial charge < -0.3 is 20.1 Å². The summed E-state index contributed by atoms with van der Waals surface area (Å²) in [5.74, 6) is 2.29. The lowest BCUT2D eigenvalue weighted by Crippen LogP contribution is -2.41. The molecule has 0 saturated heterocycles. The number of ether oxygens (including phenoxy) is 2. The highest BCUT2D eigenvalue weighted by molar-refractivity contribution is 5.79. The van der Waals surface area contributed by atoms with E-state index in [1.165, 1.54) is 0 Å². The van der Waals surface area contributed by atoms with Crippen LogP contribution in [-0.4, -0.2) is 56.8 Å². The van der Waals surface area contributed by atoms with Crippen LogP contribution in [0, 0.1) is 0 Å². The molecule has 0 saturated carbocycles. The van der Waals surface area contributed by atoms with Crippen LogP contribution in [0.1, 0.15) is 46.6 Å². The highest BCUT2D eigenvalue weighted by Gasteiger charge is 2.12. The summed E-state index contributed by atoms with van der Waals surface area (Å²) in [6, 6.07) is 6.99. The van der Waals surface area contributed by atoms with Gasteiger partial charge in [-0.3, -0.25) is 4.90 Å². The fraction of sp³-hybridized carbons (Fsp3) is 0.667. The van der Waals surface area contributed by atoms with E-state index in [0.29, 0.717) is 18.6 Å². The lowest BCUT2D eigenvalue weighted by atomic mass is 10.2. The number of para-hydroxylation sites is 1. The second-order valence-electron chi connectivity index (χ2n) is 7.05. The van der Waals surface area contributed by atoms with Crippen molar-refractivity contribution in [3.05, 3.63) is 23.8 Å². The highest BCUT2D eigenvalue weighted by Crippen LogP contribution is 2.30. The van der Waals surface area contributed by atoms with Crippen molar-refractivity contribution < 1.29 is 9.47 Å². The summed E-state index contributed by atoms with van der Waals surface area (Å²) in [6.07, 6.45) is 1.07. The zero-order valence-electron chi connectivity index (χ0n) is 18.1. The van der Waals surface area contributed by atoms with Gasteiger partial charge >= 0.3 is 0 Å². The first-order chi connectivity index (χ1) is 12.9. The van der Waals surface area contributed by atoms with Gasteiger partial charge in [0, 0.05) is 37.3 Å². The van der Waals surface area contributed by atoms with Gasteiger partial charge in [-0.2, -0.15) is 0 Å². The molecular weight excluding hydrogens is 340 g/mol. The van der Waals surface area contributed by atoms with Crippen LogP contribution >= 0.6 is 0 Å². The van der Waals surface area contributed by atoms with Gasteiger partial charge in [-0.1, -0.05) is 12.1 Å². The van der Waals surface area contributed by atoms with Gasteiger partial charge in [-0.15, -0.1) is 0 Å². The van der Waals surface area contributed by atoms with E-state index in [-0.39, 0.29) is 0 Å². The van der Waals surface area contributed by atoms with Gasteiger partial charge in [-0.25, -0.2) is 4.99 Å². The molecule has 0 radical (unpaired) electrons. The third kappa shape index (κ3) is 7.67. The third-order valence-corrected chi connectivity index (χ3v) is 4.45. The summed E-state index contributed by atoms with van der Waals surface area (Å²) in [7, 11) is 3.30. The van der Waals surface area contributed by atoms with Gasteiger partial charge in [0.15, 0.2) is 17.5 Å². The van der Waals surface area contributed by atoms with Crippen molar-refractivity contribution in [3.8, 4) is 11.5 Å². The van der Waals surface area contributed by atoms with Crippen LogP contribution in [0.5, 0.6) is 11.5 Å². The molecule has 0 bridgehead atoms. The fourth-order valence-corrected chi connectivity index (χ4v) is 3.17. The minimum absolute atomic E-state index is 0.528. The maximum Gasteiger partial charge on any atom is 0.191 e. The summed E-state index contributed by atoms with van der Waals surface area (Å²) in [5, 5.41) is 6.74. The van der Waals surface area contributed by atoms with Gasteiger partial charge in [0.05, 0.1) is 20.8 Å². The second-order valence-corrected chi connectivity index (χ2v) is 7.05. The molecule has 1 aromatic rings. The zero-order valence-corrected chi connectivity index (χ0v) is 18.1. The molecule has 6 nitrogen and oxygen atoms in total. The Balaban J connectivity index is 2.66. The largest absolute Gasteiger partial charge is 0.493 e. The van der Waals surface area contributed by atoms with Crippen molar-refractivity contribution in [3.63, 3.8) is 0 Å². The highest BCUT2D eigenvalue weighted by atomic mass is 16.5. The van der Waals surface area contributed by atoms with Gasteiger partial charge in [-0.05, 0) is 47.1 Å². The van der Waals surface area contributed by atoms with Crippen molar-refractivity contribution >= 4 is 5.96 Å². The minimum atomic E-state index is 0.528. The average Bonchev–Trinajstić information content (AvgIpc) is 2.64. The molecule has 0 heterocycles. The van der Waals surface area contributed by atoms with Gasteiger partial charge in [0.1, 0.15) is 0 Å². The van der Waals surface area contributed by atoms with E-state index in [1.807, 2.05) is 18.2 Å². The Bertz CT molecular complexity index is 565. The number of hydrogen-bond donors (Lipinski definition) is 2. The molecule has 0 spiro atoms. The molecule has 27 heavy (non-hydrogen) atoms. The Hall–Kier alpha value is -1.95. The van der Waals surface area contributed by atoms with Gasteiger partial charge in [0.25, 0.3) is 0 Å². The molecule has 0 aromatic heterocycles. The van der Waals surface area contributed by atoms with Crippen LogP contribution < -0.4 is 20.1 Å². The van der Waals surface area contributed by atoms with E-state index in [0.717, 1.165) is 49.1 Å². The summed E-state index contributed by atoms with van der Waals surface area (Å²) >= 11 is 0. The average molecular weight is 379 g/mol. The number of aliphatic imine (C=N–C) groups is 1. The van der Waals surface area contributed by atoms with Crippen LogP contribution in [0.15, 0.2) is 23.2 Å². The van der Waals surface area contributed by atoms with Crippen molar-refractivity contribution in [2.75, 3.05) is 33.9 Å². The first kappa shape index (κ1) is 23.1. The Labute approximate surface area is 165 Å². The quantitative estimate of drug-likeness (QED) is 0.352. The van der Waals surface area contributed by atoms with Crippen LogP contribution in [0.4, 0.5) is 0 Å². The molecule has 0 unspecified atom stereocenters. The molecule has 6 heteroatoms. The Morgan fingerprint density at radius 2 is 1.78 bits per heavy atom. The first-order valence-electron chi connectivity index (χ1n) is 9.92. The van der Waals surface area contributed by atoms with Crippen LogP contribution in [-0.2, 0) is 6.54 Å². The predicted molar refractivity (Wildman–Crippen MR) is 114 cm³/mol. The lowest BCUT2D eigenvalue weighted by molar-refractivity contribution is 0.173. The number of nitrogens with zero attached hydrogens (tertiary/aromatic N) is 2. The smallest absolute Gasteiger partial charge is 0.191 e. The monoisotopic (exact) mass is 378 g/mol. The third-order valence-electron chi connectivity index (χ3n) is 4.45. The zero-order chi connectivity index (χ0) is 20.2. The van der Waals surface area contributed by atoms with E-state index in [9.17, 15) is 0 Å². The Kier molecular flexibility index (Phi) is 10.6. The van der Waals surface area contributed by atoms with E-state index >= 15 is 0 Å². The Morgan fingerprint density at radius 1 is 1.07 bits per heavy atom. The first-order valence-corrected chi connectivity index (χ1v) is 9.92.